The van der Waals surface area contributed by atoms with E-state index in [-0.39, 0.29) is 15.9 Å². The SMILES string of the molecule is CC(O)(Cn1cc(Cl)c(=O)c2cnccc21)CC(C)(C)c1cccc2c1OCC2. The number of para-hydroxylation sites is 1. The fourth-order valence-corrected chi connectivity index (χ4v) is 4.77. The van der Waals surface area contributed by atoms with Gasteiger partial charge in [-0.05, 0) is 30.4 Å². The molecule has 0 bridgehead atoms. The van der Waals surface area contributed by atoms with E-state index in [4.69, 9.17) is 16.3 Å². The molecule has 0 radical (unpaired) electrons. The minimum Gasteiger partial charge on any atom is -0.493 e. The van der Waals surface area contributed by atoms with E-state index in [0.717, 1.165) is 17.7 Å². The summed E-state index contributed by atoms with van der Waals surface area (Å²) in [6, 6.07) is 8.01. The van der Waals surface area contributed by atoms with E-state index in [1.54, 1.807) is 18.5 Å². The predicted octanol–water partition coefficient (Wildman–Crippen LogP) is 4.10. The zero-order valence-electron chi connectivity index (χ0n) is 16.9. The average Bonchev–Trinajstić information content (AvgIpc) is 3.13. The van der Waals surface area contributed by atoms with Crippen molar-refractivity contribution in [2.24, 2.45) is 0 Å². The number of nitrogens with zero attached hydrogens (tertiary/aromatic N) is 2. The van der Waals surface area contributed by atoms with Crippen LogP contribution < -0.4 is 10.2 Å². The Bertz CT molecular complexity index is 1130. The molecule has 1 aromatic carbocycles. The molecule has 29 heavy (non-hydrogen) atoms. The molecule has 2 aromatic heterocycles. The van der Waals surface area contributed by atoms with Crippen molar-refractivity contribution < 1.29 is 9.84 Å². The van der Waals surface area contributed by atoms with Crippen LogP contribution in [0.2, 0.25) is 5.02 Å². The van der Waals surface area contributed by atoms with E-state index < -0.39 is 5.60 Å². The number of hydrogen-bond acceptors (Lipinski definition) is 4. The molecule has 0 aliphatic carbocycles. The Morgan fingerprint density at radius 3 is 2.86 bits per heavy atom. The van der Waals surface area contributed by atoms with Crippen molar-refractivity contribution in [1.29, 1.82) is 0 Å². The monoisotopic (exact) mass is 412 g/mol. The van der Waals surface area contributed by atoms with E-state index in [1.807, 2.05) is 11.5 Å². The van der Waals surface area contributed by atoms with E-state index >= 15 is 0 Å². The van der Waals surface area contributed by atoms with Crippen LogP contribution in [0.25, 0.3) is 10.9 Å². The van der Waals surface area contributed by atoms with Gasteiger partial charge in [0.25, 0.3) is 0 Å². The molecule has 0 saturated carbocycles. The normalized spacial score (nSPS) is 15.8. The lowest BCUT2D eigenvalue weighted by atomic mass is 9.75. The second-order valence-corrected chi connectivity index (χ2v) is 9.18. The van der Waals surface area contributed by atoms with Gasteiger partial charge in [-0.1, -0.05) is 43.6 Å². The third-order valence-electron chi connectivity index (χ3n) is 5.62. The standard InChI is InChI=1S/C23H25ClN2O3/c1-22(2,17-6-4-5-15-8-10-29-21(15)17)13-23(3,28)14-26-12-18(24)20(27)16-11-25-9-7-19(16)26/h4-7,9,11-12,28H,8,10,13-14H2,1-3H3. The van der Waals surface area contributed by atoms with Crippen molar-refractivity contribution in [2.45, 2.75) is 51.2 Å². The minimum atomic E-state index is -1.04. The van der Waals surface area contributed by atoms with E-state index in [0.29, 0.717) is 30.5 Å². The predicted molar refractivity (Wildman–Crippen MR) is 115 cm³/mol. The first-order chi connectivity index (χ1) is 13.7. The van der Waals surface area contributed by atoms with Crippen molar-refractivity contribution in [2.75, 3.05) is 6.61 Å². The van der Waals surface area contributed by atoms with Crippen LogP contribution in [0.15, 0.2) is 47.7 Å². The molecule has 6 heteroatoms. The highest BCUT2D eigenvalue weighted by Gasteiger charge is 2.35. The summed E-state index contributed by atoms with van der Waals surface area (Å²) in [6.45, 7) is 7.07. The summed E-state index contributed by atoms with van der Waals surface area (Å²) in [5.41, 5.74) is 1.44. The summed E-state index contributed by atoms with van der Waals surface area (Å²) >= 11 is 6.16. The summed E-state index contributed by atoms with van der Waals surface area (Å²) in [7, 11) is 0. The Labute approximate surface area is 174 Å². The van der Waals surface area contributed by atoms with Gasteiger partial charge >= 0.3 is 0 Å². The average molecular weight is 413 g/mol. The number of aliphatic hydroxyl groups is 1. The van der Waals surface area contributed by atoms with Gasteiger partial charge in [0.05, 0.1) is 29.7 Å². The van der Waals surface area contributed by atoms with Crippen LogP contribution in [0, 0.1) is 0 Å². The Morgan fingerprint density at radius 1 is 1.28 bits per heavy atom. The number of fused-ring (bicyclic) bond motifs is 2. The van der Waals surface area contributed by atoms with Gasteiger partial charge in [0.2, 0.25) is 5.43 Å². The lowest BCUT2D eigenvalue weighted by Gasteiger charge is -2.35. The van der Waals surface area contributed by atoms with Crippen molar-refractivity contribution in [3.63, 3.8) is 0 Å². The molecule has 3 aromatic rings. The van der Waals surface area contributed by atoms with E-state index in [1.165, 1.54) is 11.8 Å². The van der Waals surface area contributed by atoms with Gasteiger partial charge in [-0.25, -0.2) is 0 Å². The van der Waals surface area contributed by atoms with Gasteiger partial charge in [0.1, 0.15) is 10.8 Å². The van der Waals surface area contributed by atoms with Crippen LogP contribution in [0.5, 0.6) is 5.75 Å². The Balaban J connectivity index is 1.67. The maximum Gasteiger partial charge on any atom is 0.209 e. The van der Waals surface area contributed by atoms with E-state index in [2.05, 4.69) is 37.0 Å². The molecular formula is C23H25ClN2O3. The van der Waals surface area contributed by atoms with E-state index in [9.17, 15) is 9.90 Å². The molecule has 0 fully saturated rings. The number of pyridine rings is 2. The number of aromatic nitrogens is 2. The first-order valence-corrected chi connectivity index (χ1v) is 10.2. The molecule has 0 spiro atoms. The van der Waals surface area contributed by atoms with Crippen LogP contribution in [-0.4, -0.2) is 26.9 Å². The second-order valence-electron chi connectivity index (χ2n) is 8.78. The molecule has 1 atom stereocenters. The fourth-order valence-electron chi connectivity index (χ4n) is 4.56. The van der Waals surface area contributed by atoms with Crippen LogP contribution in [0.1, 0.15) is 38.3 Å². The maximum atomic E-state index is 12.3. The summed E-state index contributed by atoms with van der Waals surface area (Å²) in [5, 5.41) is 11.9. The molecule has 1 aliphatic heterocycles. The van der Waals surface area contributed by atoms with Crippen molar-refractivity contribution in [3.8, 4) is 5.75 Å². The summed E-state index contributed by atoms with van der Waals surface area (Å²) in [6.07, 6.45) is 6.18. The molecule has 1 N–H and O–H groups in total. The third kappa shape index (κ3) is 3.77. The summed E-state index contributed by atoms with van der Waals surface area (Å²) in [4.78, 5) is 16.3. The largest absolute Gasteiger partial charge is 0.493 e. The number of benzene rings is 1. The molecule has 3 heterocycles. The number of hydrogen-bond donors (Lipinski definition) is 1. The molecule has 0 amide bonds. The minimum absolute atomic E-state index is 0.120. The molecule has 1 unspecified atom stereocenters. The van der Waals surface area contributed by atoms with Gasteiger partial charge in [0, 0.05) is 30.6 Å². The van der Waals surface area contributed by atoms with Crippen LogP contribution in [0.4, 0.5) is 0 Å². The zero-order valence-corrected chi connectivity index (χ0v) is 17.7. The highest BCUT2D eigenvalue weighted by atomic mass is 35.5. The summed E-state index contributed by atoms with van der Waals surface area (Å²) < 4.78 is 7.73. The fraction of sp³-hybridized carbons (Fsp3) is 0.391. The van der Waals surface area contributed by atoms with Gasteiger partial charge in [-0.15, -0.1) is 0 Å². The topological polar surface area (TPSA) is 64.4 Å². The Morgan fingerprint density at radius 2 is 2.07 bits per heavy atom. The molecular weight excluding hydrogens is 388 g/mol. The Hall–Kier alpha value is -2.37. The molecule has 0 saturated heterocycles. The molecule has 5 nitrogen and oxygen atoms in total. The van der Waals surface area contributed by atoms with Gasteiger partial charge in [-0.2, -0.15) is 0 Å². The van der Waals surface area contributed by atoms with Crippen LogP contribution in [0.3, 0.4) is 0 Å². The highest BCUT2D eigenvalue weighted by Crippen LogP contribution is 2.41. The zero-order chi connectivity index (χ0) is 20.8. The quantitative estimate of drug-likeness (QED) is 0.685. The molecule has 4 rings (SSSR count). The maximum absolute atomic E-state index is 12.3. The lowest BCUT2D eigenvalue weighted by molar-refractivity contribution is 0.0155. The van der Waals surface area contributed by atoms with Crippen LogP contribution >= 0.6 is 11.6 Å². The lowest BCUT2D eigenvalue weighted by Crippen LogP contribution is -2.38. The first kappa shape index (κ1) is 19.9. The van der Waals surface area contributed by atoms with Gasteiger partial charge in [-0.3, -0.25) is 9.78 Å². The third-order valence-corrected chi connectivity index (χ3v) is 5.88. The number of rotatable bonds is 5. The van der Waals surface area contributed by atoms with Crippen molar-refractivity contribution >= 4 is 22.5 Å². The second kappa shape index (κ2) is 7.15. The first-order valence-electron chi connectivity index (χ1n) is 9.78. The van der Waals surface area contributed by atoms with Crippen LogP contribution in [-0.2, 0) is 18.4 Å². The smallest absolute Gasteiger partial charge is 0.209 e. The molecule has 152 valence electrons. The van der Waals surface area contributed by atoms with Crippen molar-refractivity contribution in [1.82, 2.24) is 9.55 Å². The number of halogens is 1. The number of ether oxygens (including phenoxy) is 1. The highest BCUT2D eigenvalue weighted by molar-refractivity contribution is 6.31. The summed E-state index contributed by atoms with van der Waals surface area (Å²) in [5.74, 6) is 0.955. The van der Waals surface area contributed by atoms with Crippen molar-refractivity contribution in [3.05, 3.63) is 69.2 Å². The van der Waals surface area contributed by atoms with Gasteiger partial charge in [0.15, 0.2) is 0 Å². The van der Waals surface area contributed by atoms with Gasteiger partial charge < -0.3 is 14.4 Å². The molecule has 1 aliphatic rings. The Kier molecular flexibility index (Phi) is 4.91.